The largest absolute Gasteiger partial charge is 0.477 e. The normalized spacial score (nSPS) is 15.1. The Hall–Kier alpha value is -4.02. The summed E-state index contributed by atoms with van der Waals surface area (Å²) in [4.78, 5) is 52.9. The number of amides is 2. The van der Waals surface area contributed by atoms with Crippen molar-refractivity contribution < 1.29 is 33.8 Å². The van der Waals surface area contributed by atoms with Crippen LogP contribution in [0.1, 0.15) is 57.6 Å². The number of ether oxygens (including phenoxy) is 2. The van der Waals surface area contributed by atoms with Gasteiger partial charge in [-0.1, -0.05) is 41.4 Å². The molecule has 216 valence electrons. The number of para-hydroxylation sites is 1. The highest BCUT2D eigenvalue weighted by Gasteiger charge is 2.41. The van der Waals surface area contributed by atoms with Crippen LogP contribution in [0.15, 0.2) is 48.0 Å². The van der Waals surface area contributed by atoms with Gasteiger partial charge >= 0.3 is 18.2 Å². The van der Waals surface area contributed by atoms with E-state index in [0.29, 0.717) is 5.69 Å². The molecule has 2 heterocycles. The molecule has 0 unspecified atom stereocenters. The first-order chi connectivity index (χ1) is 19.0. The number of fused-ring (bicyclic) bond motifs is 1. The Morgan fingerprint density at radius 2 is 1.51 bits per heavy atom. The lowest BCUT2D eigenvalue weighted by molar-refractivity contribution is -0.115. The molecule has 1 fully saturated rings. The lowest BCUT2D eigenvalue weighted by atomic mass is 10.1. The summed E-state index contributed by atoms with van der Waals surface area (Å²) >= 11 is 12.8. The van der Waals surface area contributed by atoms with Crippen molar-refractivity contribution in [3.8, 4) is 0 Å². The van der Waals surface area contributed by atoms with E-state index in [2.05, 4.69) is 0 Å². The molecule has 4 rings (SSSR count). The summed E-state index contributed by atoms with van der Waals surface area (Å²) in [6, 6.07) is 11.3. The predicted molar refractivity (Wildman–Crippen MR) is 155 cm³/mol. The molecular formula is C29H29Cl2N3O7. The summed E-state index contributed by atoms with van der Waals surface area (Å²) in [5.74, 6) is -2.07. The van der Waals surface area contributed by atoms with E-state index in [0.717, 1.165) is 14.6 Å². The lowest BCUT2D eigenvalue weighted by Gasteiger charge is -2.29. The molecule has 0 spiro atoms. The van der Waals surface area contributed by atoms with Gasteiger partial charge in [-0.15, -0.1) is 0 Å². The molecule has 0 bridgehead atoms. The minimum atomic E-state index is -1.47. The van der Waals surface area contributed by atoms with E-state index in [-0.39, 0.29) is 38.6 Å². The third-order valence-corrected chi connectivity index (χ3v) is 6.27. The molecule has 10 nitrogen and oxygen atoms in total. The van der Waals surface area contributed by atoms with Gasteiger partial charge in [-0.05, 0) is 71.9 Å². The average Bonchev–Trinajstić information content (AvgIpc) is 3.33. The van der Waals surface area contributed by atoms with Crippen molar-refractivity contribution in [1.29, 1.82) is 0 Å². The second-order valence-corrected chi connectivity index (χ2v) is 12.2. The van der Waals surface area contributed by atoms with Gasteiger partial charge in [-0.3, -0.25) is 4.79 Å². The first-order valence-corrected chi connectivity index (χ1v) is 13.3. The van der Waals surface area contributed by atoms with Gasteiger partial charge in [0, 0.05) is 21.5 Å². The van der Waals surface area contributed by atoms with Gasteiger partial charge in [0.25, 0.3) is 5.91 Å². The summed E-state index contributed by atoms with van der Waals surface area (Å²) in [6.45, 7) is 9.77. The summed E-state index contributed by atoms with van der Waals surface area (Å²) in [7, 11) is 0. The van der Waals surface area contributed by atoms with Crippen LogP contribution in [0.4, 0.5) is 15.3 Å². The summed E-state index contributed by atoms with van der Waals surface area (Å²) in [6.07, 6.45) is -0.436. The highest BCUT2D eigenvalue weighted by atomic mass is 35.5. The Morgan fingerprint density at radius 1 is 0.927 bits per heavy atom. The Labute approximate surface area is 246 Å². The van der Waals surface area contributed by atoms with E-state index >= 15 is 0 Å². The van der Waals surface area contributed by atoms with Crippen LogP contribution in [0, 0.1) is 0 Å². The molecule has 3 aromatic rings. The molecule has 2 amide bonds. The Balaban J connectivity index is 1.96. The number of halogens is 2. The molecule has 0 aliphatic carbocycles. The van der Waals surface area contributed by atoms with Crippen LogP contribution in [0.3, 0.4) is 0 Å². The van der Waals surface area contributed by atoms with Gasteiger partial charge in [0.05, 0.1) is 22.8 Å². The number of benzene rings is 2. The molecule has 0 atom stereocenters. The van der Waals surface area contributed by atoms with Crippen molar-refractivity contribution in [3.05, 3.63) is 69.3 Å². The third kappa shape index (κ3) is 6.18. The smallest absolute Gasteiger partial charge is 0.430 e. The zero-order chi connectivity index (χ0) is 30.4. The van der Waals surface area contributed by atoms with Gasteiger partial charge in [-0.2, -0.15) is 0 Å². The molecule has 2 aromatic carbocycles. The predicted octanol–water partition coefficient (Wildman–Crippen LogP) is 7.01. The lowest BCUT2D eigenvalue weighted by Crippen LogP contribution is -2.45. The van der Waals surface area contributed by atoms with Crippen LogP contribution >= 0.6 is 23.2 Å². The number of hydrogen-bond donors (Lipinski definition) is 1. The maximum absolute atomic E-state index is 13.8. The number of rotatable bonds is 3. The SMILES string of the molecule is CC(C)(C)OC(=O)N1CC(=Cc2c(C(=O)O)n(C(=O)OC(C)(C)C)c3cc(Cl)cc(Cl)c23)C(=O)N1c1ccccc1. The maximum atomic E-state index is 13.8. The molecule has 41 heavy (non-hydrogen) atoms. The van der Waals surface area contributed by atoms with Crippen LogP contribution in [0.2, 0.25) is 10.0 Å². The third-order valence-electron chi connectivity index (χ3n) is 5.75. The molecule has 1 aliphatic rings. The summed E-state index contributed by atoms with van der Waals surface area (Å²) in [5.41, 5.74) is -1.78. The van der Waals surface area contributed by atoms with Gasteiger partial charge < -0.3 is 14.6 Å². The van der Waals surface area contributed by atoms with Crippen molar-refractivity contribution in [3.63, 3.8) is 0 Å². The number of nitrogens with zero attached hydrogens (tertiary/aromatic N) is 3. The van der Waals surface area contributed by atoms with Crippen molar-refractivity contribution in [2.24, 2.45) is 0 Å². The number of carbonyl (C=O) groups is 4. The summed E-state index contributed by atoms with van der Waals surface area (Å²) in [5, 5.41) is 12.9. The molecule has 0 radical (unpaired) electrons. The highest BCUT2D eigenvalue weighted by molar-refractivity contribution is 6.39. The van der Waals surface area contributed by atoms with E-state index in [1.54, 1.807) is 71.9 Å². The van der Waals surface area contributed by atoms with Crippen LogP contribution < -0.4 is 5.01 Å². The van der Waals surface area contributed by atoms with E-state index in [1.807, 2.05) is 0 Å². The molecule has 1 saturated heterocycles. The van der Waals surface area contributed by atoms with E-state index in [4.69, 9.17) is 32.7 Å². The maximum Gasteiger partial charge on any atom is 0.430 e. The zero-order valence-electron chi connectivity index (χ0n) is 23.3. The number of carboxylic acids is 1. The molecule has 1 aliphatic heterocycles. The van der Waals surface area contributed by atoms with E-state index < -0.39 is 41.0 Å². The van der Waals surface area contributed by atoms with Crippen molar-refractivity contribution in [1.82, 2.24) is 9.58 Å². The van der Waals surface area contributed by atoms with E-state index in [9.17, 15) is 24.3 Å². The first kappa shape index (κ1) is 30.0. The van der Waals surface area contributed by atoms with Crippen molar-refractivity contribution in [2.75, 3.05) is 11.6 Å². The monoisotopic (exact) mass is 601 g/mol. The fourth-order valence-corrected chi connectivity index (χ4v) is 4.91. The average molecular weight is 602 g/mol. The van der Waals surface area contributed by atoms with Crippen LogP contribution in [0.5, 0.6) is 0 Å². The second-order valence-electron chi connectivity index (χ2n) is 11.3. The zero-order valence-corrected chi connectivity index (χ0v) is 24.8. The van der Waals surface area contributed by atoms with Gasteiger partial charge in [0.2, 0.25) is 0 Å². The number of hydrazine groups is 1. The molecule has 1 N–H and O–H groups in total. The quantitative estimate of drug-likeness (QED) is 0.320. The minimum Gasteiger partial charge on any atom is -0.477 e. The molecular weight excluding hydrogens is 573 g/mol. The number of anilines is 1. The second kappa shape index (κ2) is 10.8. The fourth-order valence-electron chi connectivity index (χ4n) is 4.32. The minimum absolute atomic E-state index is 0.0255. The molecule has 1 aromatic heterocycles. The van der Waals surface area contributed by atoms with Crippen LogP contribution in [0.25, 0.3) is 17.0 Å². The molecule has 12 heteroatoms. The number of hydrogen-bond acceptors (Lipinski definition) is 6. The number of aromatic carboxylic acids is 1. The molecule has 0 saturated carbocycles. The number of carboxylic acid groups (broad SMARTS) is 1. The highest BCUT2D eigenvalue weighted by Crippen LogP contribution is 2.38. The topological polar surface area (TPSA) is 118 Å². The standard InChI is InChI=1S/C29H29Cl2N3O7/c1-28(2,3)40-26(38)32-15-16(24(35)34(32)18-10-8-7-9-11-18)12-19-22-20(31)13-17(30)14-21(22)33(23(19)25(36)37)27(39)41-29(4,5)6/h7-14H,15H2,1-6H3,(H,36,37). The van der Waals surface area contributed by atoms with Gasteiger partial charge in [0.1, 0.15) is 16.9 Å². The summed E-state index contributed by atoms with van der Waals surface area (Å²) < 4.78 is 11.9. The van der Waals surface area contributed by atoms with Crippen LogP contribution in [-0.4, -0.2) is 56.5 Å². The van der Waals surface area contributed by atoms with Crippen molar-refractivity contribution >= 4 is 69.9 Å². The van der Waals surface area contributed by atoms with Gasteiger partial charge in [0.15, 0.2) is 0 Å². The van der Waals surface area contributed by atoms with Gasteiger partial charge in [-0.25, -0.2) is 29.0 Å². The first-order valence-electron chi connectivity index (χ1n) is 12.6. The van der Waals surface area contributed by atoms with Crippen LogP contribution in [-0.2, 0) is 14.3 Å². The number of carbonyl (C=O) groups excluding carboxylic acids is 3. The Bertz CT molecular complexity index is 1600. The fraction of sp³-hybridized carbons (Fsp3) is 0.310. The van der Waals surface area contributed by atoms with E-state index in [1.165, 1.54) is 18.2 Å². The van der Waals surface area contributed by atoms with Crippen molar-refractivity contribution in [2.45, 2.75) is 52.7 Å². The number of aromatic nitrogens is 1. The Morgan fingerprint density at radius 3 is 2.07 bits per heavy atom. The Kier molecular flexibility index (Phi) is 7.86.